The Balaban J connectivity index is 3.40. The highest BCUT2D eigenvalue weighted by molar-refractivity contribution is 9.39. The van der Waals surface area contributed by atoms with E-state index in [2.05, 4.69) is 53.7 Å². The van der Waals surface area contributed by atoms with E-state index in [1.54, 1.807) is 0 Å². The van der Waals surface area contributed by atoms with Crippen molar-refractivity contribution in [3.05, 3.63) is 6.42 Å². The molecule has 0 unspecified atom stereocenters. The maximum absolute atomic E-state index is 6.52. The first kappa shape index (κ1) is 8.00. The number of hydrogen-bond donors (Lipinski definition) is 0. The highest BCUT2D eigenvalue weighted by Crippen LogP contribution is 2.36. The second-order valence-electron chi connectivity index (χ2n) is 0.969. The molecule has 3 heteroatoms. The van der Waals surface area contributed by atoms with Gasteiger partial charge in [-0.1, -0.05) is 53.7 Å². The molecule has 0 fully saturated rings. The fourth-order valence-corrected chi connectivity index (χ4v) is 0.521. The average molecular weight is 290 g/mol. The van der Waals surface area contributed by atoms with Crippen LogP contribution in [0.4, 0.5) is 0 Å². The molecule has 0 aliphatic heterocycles. The van der Waals surface area contributed by atoms with Gasteiger partial charge in [0.05, 0.1) is 0 Å². The van der Waals surface area contributed by atoms with Crippen molar-refractivity contribution in [2.75, 3.05) is 0 Å². The van der Waals surface area contributed by atoms with Crippen LogP contribution >= 0.6 is 47.8 Å². The van der Waals surface area contributed by atoms with Crippen molar-refractivity contribution in [1.82, 2.24) is 0 Å². The van der Waals surface area contributed by atoms with Crippen LogP contribution in [-0.2, 0) is 0 Å². The molecule has 0 aromatic heterocycles. The van der Waals surface area contributed by atoms with Crippen molar-refractivity contribution >= 4 is 47.8 Å². The lowest BCUT2D eigenvalue weighted by atomic mass is 10.5. The van der Waals surface area contributed by atoms with E-state index in [1.165, 1.54) is 0 Å². The van der Waals surface area contributed by atoms with Gasteiger partial charge < -0.3 is 0 Å². The number of halogens is 3. The van der Waals surface area contributed by atoms with E-state index in [0.717, 1.165) is 0 Å². The Morgan fingerprint density at radius 1 is 1.43 bits per heavy atom. The molecule has 0 nitrogen and oxygen atoms in total. The highest BCUT2D eigenvalue weighted by atomic mass is 80.0. The van der Waals surface area contributed by atoms with Crippen LogP contribution in [0.5, 0.6) is 0 Å². The average Bonchev–Trinajstić information content (AvgIpc) is 1.30. The summed E-state index contributed by atoms with van der Waals surface area (Å²) < 4.78 is -0.311. The molecule has 0 heterocycles. The van der Waals surface area contributed by atoms with E-state index < -0.39 is 0 Å². The zero-order valence-electron chi connectivity index (χ0n) is 3.34. The van der Waals surface area contributed by atoms with Gasteiger partial charge in [-0.3, -0.25) is 0 Å². The summed E-state index contributed by atoms with van der Waals surface area (Å²) in [6.45, 7) is 0. The van der Waals surface area contributed by atoms with E-state index in [4.69, 9.17) is 6.42 Å². The van der Waals surface area contributed by atoms with Gasteiger partial charge >= 0.3 is 0 Å². The summed E-state index contributed by atoms with van der Waals surface area (Å²) in [6, 6.07) is 0. The van der Waals surface area contributed by atoms with E-state index >= 15 is 0 Å². The molecule has 0 N–H and O–H groups in total. The van der Waals surface area contributed by atoms with Crippen molar-refractivity contribution in [3.63, 3.8) is 0 Å². The molecule has 0 saturated heterocycles. The summed E-state index contributed by atoms with van der Waals surface area (Å²) in [7, 11) is 0. The van der Waals surface area contributed by atoms with E-state index in [9.17, 15) is 0 Å². The largest absolute Gasteiger partial charge is 0.145 e. The van der Waals surface area contributed by atoms with Gasteiger partial charge in [-0.25, -0.2) is 0 Å². The lowest BCUT2D eigenvalue weighted by Gasteiger charge is -2.03. The maximum atomic E-state index is 6.52. The Bertz CT molecular complexity index is 84.1. The molecule has 0 amide bonds. The quantitative estimate of drug-likeness (QED) is 0.475. The van der Waals surface area contributed by atoms with E-state index in [1.807, 2.05) is 0 Å². The first-order valence-electron chi connectivity index (χ1n) is 1.52. The fourth-order valence-electron chi connectivity index (χ4n) is 0.100. The molecule has 39 valence electrons. The Hall–Kier alpha value is 1.00. The number of rotatable bonds is 0. The van der Waals surface area contributed by atoms with Gasteiger partial charge in [-0.05, 0) is 6.42 Å². The molecule has 0 atom stereocenters. The second kappa shape index (κ2) is 3.11. The lowest BCUT2D eigenvalue weighted by molar-refractivity contribution is 1.22. The van der Waals surface area contributed by atoms with Crippen molar-refractivity contribution in [1.29, 1.82) is 0 Å². The zero-order valence-corrected chi connectivity index (χ0v) is 8.10. The third-order valence-corrected chi connectivity index (χ3v) is 1.13. The van der Waals surface area contributed by atoms with Crippen LogP contribution in [0.15, 0.2) is 0 Å². The molecule has 0 saturated carbocycles. The Kier molecular flexibility index (Phi) is 3.56. The molecule has 0 aromatic rings. The monoisotopic (exact) mass is 287 g/mol. The van der Waals surface area contributed by atoms with Crippen LogP contribution in [0.25, 0.3) is 0 Å². The van der Waals surface area contributed by atoms with Crippen molar-refractivity contribution < 1.29 is 0 Å². The van der Waals surface area contributed by atoms with Crippen molar-refractivity contribution in [2.45, 2.75) is 8.56 Å². The van der Waals surface area contributed by atoms with Crippen LogP contribution in [0.2, 0.25) is 0 Å². The summed E-state index contributed by atoms with van der Waals surface area (Å²) in [5.74, 6) is 2.22. The first-order valence-corrected chi connectivity index (χ1v) is 3.90. The van der Waals surface area contributed by atoms with Gasteiger partial charge in [0.25, 0.3) is 0 Å². The highest BCUT2D eigenvalue weighted by Gasteiger charge is 2.14. The summed E-state index contributed by atoms with van der Waals surface area (Å²) in [6.07, 6.45) is 7.03. The van der Waals surface area contributed by atoms with Gasteiger partial charge in [-0.15, -0.1) is 0 Å². The summed E-state index contributed by atoms with van der Waals surface area (Å²) in [5.41, 5.74) is 0. The van der Waals surface area contributed by atoms with Crippen LogP contribution in [0.3, 0.4) is 0 Å². The molecule has 0 aliphatic rings. The normalized spacial score (nSPS) is 10.6. The number of hydrogen-bond acceptors (Lipinski definition) is 0. The molecule has 0 spiro atoms. The van der Waals surface area contributed by atoms with Gasteiger partial charge in [-0.2, -0.15) is 0 Å². The minimum absolute atomic E-state index is 0.311. The predicted molar refractivity (Wildman–Crippen MR) is 41.3 cm³/mol. The third kappa shape index (κ3) is 7.00. The Morgan fingerprint density at radius 3 is 1.86 bits per heavy atom. The molecule has 0 bridgehead atoms. The van der Waals surface area contributed by atoms with Gasteiger partial charge in [0, 0.05) is 6.42 Å². The summed E-state index contributed by atoms with van der Waals surface area (Å²) >= 11 is 9.57. The van der Waals surface area contributed by atoms with Gasteiger partial charge in [0.15, 0.2) is 0 Å². The minimum Gasteiger partial charge on any atom is -0.0858 e. The summed E-state index contributed by atoms with van der Waals surface area (Å²) in [5, 5.41) is 0. The second-order valence-corrected chi connectivity index (χ2v) is 8.22. The molecule has 0 aliphatic carbocycles. The molecule has 0 rings (SSSR count). The molecule has 7 heavy (non-hydrogen) atoms. The maximum Gasteiger partial charge on any atom is 0.145 e. The van der Waals surface area contributed by atoms with E-state index in [-0.39, 0.29) is 2.14 Å². The molecular weight excluding hydrogens is 288 g/mol. The Labute approximate surface area is 68.4 Å². The lowest BCUT2D eigenvalue weighted by Crippen LogP contribution is -1.94. The standard InChI is InChI=1S/C4H2Br3/c1-2-3-4(5,6)7/h3H2. The fraction of sp³-hybridized carbons (Fsp3) is 0.500. The summed E-state index contributed by atoms with van der Waals surface area (Å²) in [4.78, 5) is 0. The third-order valence-electron chi connectivity index (χ3n) is 0.289. The van der Waals surface area contributed by atoms with Crippen molar-refractivity contribution in [3.8, 4) is 5.92 Å². The topological polar surface area (TPSA) is 0 Å². The first-order chi connectivity index (χ1) is 3.06. The molecule has 1 radical (unpaired) electrons. The van der Waals surface area contributed by atoms with Crippen LogP contribution in [-0.4, -0.2) is 2.14 Å². The molecular formula is C4H2Br3. The van der Waals surface area contributed by atoms with Crippen LogP contribution < -0.4 is 0 Å². The van der Waals surface area contributed by atoms with Crippen molar-refractivity contribution in [2.24, 2.45) is 0 Å². The van der Waals surface area contributed by atoms with Gasteiger partial charge in [0.1, 0.15) is 2.14 Å². The van der Waals surface area contributed by atoms with Gasteiger partial charge in [0.2, 0.25) is 0 Å². The molecule has 0 aromatic carbocycles. The SMILES string of the molecule is [C]#CCC(Br)(Br)Br. The minimum atomic E-state index is -0.311. The zero-order chi connectivity index (χ0) is 5.91. The predicted octanol–water partition coefficient (Wildman–Crippen LogP) is 2.80. The van der Waals surface area contributed by atoms with Crippen LogP contribution in [0.1, 0.15) is 6.42 Å². The van der Waals surface area contributed by atoms with E-state index in [0.29, 0.717) is 6.42 Å². The smallest absolute Gasteiger partial charge is 0.0858 e. The number of alkyl halides is 3. The van der Waals surface area contributed by atoms with Crippen LogP contribution in [0, 0.1) is 12.3 Å². The Morgan fingerprint density at radius 2 is 1.86 bits per heavy atom.